The Labute approximate surface area is 178 Å². The number of rotatable bonds is 6. The molecule has 0 fully saturated rings. The Hall–Kier alpha value is -2.38. The average Bonchev–Trinajstić information content (AvgIpc) is 3.07. The van der Waals surface area contributed by atoms with Crippen molar-refractivity contribution < 1.29 is 4.43 Å². The lowest BCUT2D eigenvalue weighted by molar-refractivity contribution is 0.310. The molecule has 1 aromatic carbocycles. The first-order chi connectivity index (χ1) is 14.0. The van der Waals surface area contributed by atoms with Gasteiger partial charge in [0, 0.05) is 39.9 Å². The van der Waals surface area contributed by atoms with Gasteiger partial charge in [-0.2, -0.15) is 0 Å². The lowest BCUT2D eigenvalue weighted by Gasteiger charge is -2.36. The van der Waals surface area contributed by atoms with Crippen LogP contribution in [0.5, 0.6) is 0 Å². The van der Waals surface area contributed by atoms with Crippen molar-refractivity contribution in [3.63, 3.8) is 0 Å². The van der Waals surface area contributed by atoms with E-state index in [9.17, 15) is 9.59 Å². The first-order valence-corrected chi connectivity index (χ1v) is 13.2. The SMILES string of the molecule is Cn1c(=O)c2c(-c3ccccc3)n(C[CH]CO[Si](C)(C)C(C)(C)C)cc2n(C)c1=O. The van der Waals surface area contributed by atoms with Crippen molar-refractivity contribution >= 4 is 19.2 Å². The molecule has 0 unspecified atom stereocenters. The van der Waals surface area contributed by atoms with E-state index in [-0.39, 0.29) is 16.3 Å². The quantitative estimate of drug-likeness (QED) is 0.443. The van der Waals surface area contributed by atoms with E-state index in [0.717, 1.165) is 11.3 Å². The van der Waals surface area contributed by atoms with Gasteiger partial charge >= 0.3 is 5.69 Å². The summed E-state index contributed by atoms with van der Waals surface area (Å²) >= 11 is 0. The number of hydrogen-bond acceptors (Lipinski definition) is 3. The van der Waals surface area contributed by atoms with E-state index >= 15 is 0 Å². The molecule has 2 aromatic heterocycles. The molecular weight excluding hydrogens is 394 g/mol. The molecular formula is C23H32N3O3Si. The molecule has 0 N–H and O–H groups in total. The molecule has 0 saturated carbocycles. The Morgan fingerprint density at radius 2 is 1.67 bits per heavy atom. The van der Waals surface area contributed by atoms with Crippen LogP contribution in [0.15, 0.2) is 46.1 Å². The van der Waals surface area contributed by atoms with Crippen molar-refractivity contribution in [2.45, 2.75) is 45.4 Å². The zero-order chi connectivity index (χ0) is 22.3. The first kappa shape index (κ1) is 22.3. The van der Waals surface area contributed by atoms with E-state index in [1.165, 1.54) is 16.2 Å². The van der Waals surface area contributed by atoms with Crippen molar-refractivity contribution in [2.75, 3.05) is 6.61 Å². The predicted molar refractivity (Wildman–Crippen MR) is 125 cm³/mol. The molecule has 0 spiro atoms. The third kappa shape index (κ3) is 3.96. The number of nitrogens with zero attached hydrogens (tertiary/aromatic N) is 3. The molecule has 0 saturated heterocycles. The number of benzene rings is 1. The maximum atomic E-state index is 13.0. The van der Waals surface area contributed by atoms with Crippen LogP contribution in [0, 0.1) is 6.42 Å². The van der Waals surface area contributed by atoms with Gasteiger partial charge in [-0.25, -0.2) is 4.79 Å². The molecule has 0 bridgehead atoms. The summed E-state index contributed by atoms with van der Waals surface area (Å²) in [5.74, 6) is 0. The Morgan fingerprint density at radius 1 is 1.03 bits per heavy atom. The van der Waals surface area contributed by atoms with Gasteiger partial charge in [0.25, 0.3) is 5.56 Å². The van der Waals surface area contributed by atoms with Gasteiger partial charge in [0.2, 0.25) is 0 Å². The van der Waals surface area contributed by atoms with Crippen molar-refractivity contribution in [3.05, 3.63) is 63.8 Å². The second kappa shape index (κ2) is 8.04. The number of aromatic nitrogens is 3. The molecule has 0 aliphatic heterocycles. The van der Waals surface area contributed by atoms with Gasteiger partial charge in [-0.15, -0.1) is 0 Å². The van der Waals surface area contributed by atoms with E-state index in [1.54, 1.807) is 7.05 Å². The minimum Gasteiger partial charge on any atom is -0.416 e. The topological polar surface area (TPSA) is 58.2 Å². The lowest BCUT2D eigenvalue weighted by atomic mass is 10.1. The van der Waals surface area contributed by atoms with Gasteiger partial charge in [-0.1, -0.05) is 51.1 Å². The molecule has 0 amide bonds. The Morgan fingerprint density at radius 3 is 2.27 bits per heavy atom. The fourth-order valence-corrected chi connectivity index (χ4v) is 4.28. The molecule has 30 heavy (non-hydrogen) atoms. The van der Waals surface area contributed by atoms with Crippen molar-refractivity contribution in [3.8, 4) is 11.3 Å². The first-order valence-electron chi connectivity index (χ1n) is 10.3. The number of hydrogen-bond donors (Lipinski definition) is 0. The van der Waals surface area contributed by atoms with Gasteiger partial charge in [0.15, 0.2) is 8.32 Å². The van der Waals surface area contributed by atoms with Crippen LogP contribution < -0.4 is 11.2 Å². The molecule has 1 radical (unpaired) electrons. The van der Waals surface area contributed by atoms with Crippen LogP contribution in [-0.2, 0) is 25.1 Å². The highest BCUT2D eigenvalue weighted by Crippen LogP contribution is 2.36. The Balaban J connectivity index is 2.01. The maximum absolute atomic E-state index is 13.0. The molecule has 161 valence electrons. The van der Waals surface area contributed by atoms with Crippen LogP contribution in [-0.4, -0.2) is 28.6 Å². The second-order valence-electron chi connectivity index (χ2n) is 9.32. The standard InChI is InChI=1S/C23H32N3O3Si/c1-23(2,3)30(6,7)29-15-11-14-26-16-18-19(20(26)17-12-9-8-10-13-17)21(27)25(5)22(28)24(18)4/h8-13,16H,14-15H2,1-7H3. The van der Waals surface area contributed by atoms with Crippen LogP contribution in [0.2, 0.25) is 18.1 Å². The summed E-state index contributed by atoms with van der Waals surface area (Å²) in [6.45, 7) is 12.3. The fraction of sp³-hybridized carbons (Fsp3) is 0.435. The maximum Gasteiger partial charge on any atom is 0.330 e. The van der Waals surface area contributed by atoms with Gasteiger partial charge in [0.05, 0.1) is 16.6 Å². The van der Waals surface area contributed by atoms with E-state index in [0.29, 0.717) is 24.1 Å². The average molecular weight is 427 g/mol. The summed E-state index contributed by atoms with van der Waals surface area (Å²) in [5.41, 5.74) is 1.81. The normalized spacial score (nSPS) is 12.6. The summed E-state index contributed by atoms with van der Waals surface area (Å²) in [6, 6.07) is 9.83. The minimum absolute atomic E-state index is 0.155. The van der Waals surface area contributed by atoms with E-state index in [1.807, 2.05) is 41.1 Å². The molecule has 3 aromatic rings. The predicted octanol–water partition coefficient (Wildman–Crippen LogP) is 3.93. The van der Waals surface area contributed by atoms with E-state index in [4.69, 9.17) is 4.43 Å². The van der Waals surface area contributed by atoms with Crippen LogP contribution >= 0.6 is 0 Å². The molecule has 6 nitrogen and oxygen atoms in total. The number of aryl methyl sites for hydroxylation is 1. The zero-order valence-electron chi connectivity index (χ0n) is 19.0. The van der Waals surface area contributed by atoms with E-state index in [2.05, 4.69) is 40.3 Å². The molecule has 2 heterocycles. The summed E-state index contributed by atoms with van der Waals surface area (Å²) < 4.78 is 11.0. The van der Waals surface area contributed by atoms with Crippen molar-refractivity contribution in [1.82, 2.24) is 13.7 Å². The highest BCUT2D eigenvalue weighted by molar-refractivity contribution is 6.74. The molecule has 3 rings (SSSR count). The fourth-order valence-electron chi connectivity index (χ4n) is 3.32. The molecule has 0 aliphatic rings. The van der Waals surface area contributed by atoms with Gasteiger partial charge in [-0.3, -0.25) is 13.9 Å². The highest BCUT2D eigenvalue weighted by Gasteiger charge is 2.36. The molecule has 7 heteroatoms. The number of fused-ring (bicyclic) bond motifs is 1. The molecule has 0 atom stereocenters. The summed E-state index contributed by atoms with van der Waals surface area (Å²) in [5, 5.41) is 0.715. The zero-order valence-corrected chi connectivity index (χ0v) is 20.0. The monoisotopic (exact) mass is 426 g/mol. The Bertz CT molecular complexity index is 1160. The summed E-state index contributed by atoms with van der Waals surface area (Å²) in [6.07, 6.45) is 3.98. The molecule has 0 aliphatic carbocycles. The van der Waals surface area contributed by atoms with Crippen LogP contribution in [0.3, 0.4) is 0 Å². The van der Waals surface area contributed by atoms with Crippen molar-refractivity contribution in [1.29, 1.82) is 0 Å². The van der Waals surface area contributed by atoms with Gasteiger partial charge in [-0.05, 0) is 23.7 Å². The third-order valence-corrected chi connectivity index (χ3v) is 10.8. The third-order valence-electron chi connectivity index (χ3n) is 6.25. The van der Waals surface area contributed by atoms with E-state index < -0.39 is 8.32 Å². The van der Waals surface area contributed by atoms with Crippen LogP contribution in [0.1, 0.15) is 20.8 Å². The smallest absolute Gasteiger partial charge is 0.330 e. The summed E-state index contributed by atoms with van der Waals surface area (Å²) in [4.78, 5) is 25.4. The van der Waals surface area contributed by atoms with Gasteiger partial charge in [0.1, 0.15) is 0 Å². The Kier molecular flexibility index (Phi) is 5.98. The van der Waals surface area contributed by atoms with Crippen LogP contribution in [0.4, 0.5) is 0 Å². The van der Waals surface area contributed by atoms with Gasteiger partial charge < -0.3 is 8.99 Å². The van der Waals surface area contributed by atoms with Crippen LogP contribution in [0.25, 0.3) is 22.2 Å². The van der Waals surface area contributed by atoms with Crippen molar-refractivity contribution in [2.24, 2.45) is 14.1 Å². The summed E-state index contributed by atoms with van der Waals surface area (Å²) in [7, 11) is 1.40. The highest BCUT2D eigenvalue weighted by atomic mass is 28.4. The minimum atomic E-state index is -1.82. The second-order valence-corrected chi connectivity index (χ2v) is 14.1. The largest absolute Gasteiger partial charge is 0.416 e. The lowest BCUT2D eigenvalue weighted by Crippen LogP contribution is -2.41.